The van der Waals surface area contributed by atoms with Gasteiger partial charge in [0, 0.05) is 31.1 Å². The molecule has 1 fully saturated rings. The van der Waals surface area contributed by atoms with Gasteiger partial charge in [-0.15, -0.1) is 0 Å². The average molecular weight is 462 g/mol. The van der Waals surface area contributed by atoms with Crippen LogP contribution in [0.2, 0.25) is 5.02 Å². The van der Waals surface area contributed by atoms with E-state index < -0.39 is 0 Å². The predicted octanol–water partition coefficient (Wildman–Crippen LogP) is 5.69. The fourth-order valence-electron chi connectivity index (χ4n) is 4.10. The van der Waals surface area contributed by atoms with E-state index in [0.29, 0.717) is 24.5 Å². The van der Waals surface area contributed by atoms with E-state index >= 15 is 0 Å². The van der Waals surface area contributed by atoms with Crippen LogP contribution in [-0.2, 0) is 17.9 Å². The Hall–Kier alpha value is -3.31. The van der Waals surface area contributed by atoms with Gasteiger partial charge in [0.1, 0.15) is 0 Å². The van der Waals surface area contributed by atoms with Crippen molar-refractivity contribution in [2.24, 2.45) is 0 Å². The van der Waals surface area contributed by atoms with Crippen molar-refractivity contribution in [3.8, 4) is 11.1 Å². The van der Waals surface area contributed by atoms with Crippen LogP contribution in [0.4, 0.5) is 4.79 Å². The zero-order valence-electron chi connectivity index (χ0n) is 18.7. The topological polar surface area (TPSA) is 61.4 Å². The quantitative estimate of drug-likeness (QED) is 0.474. The second-order valence-electron chi connectivity index (χ2n) is 8.37. The number of nitrogens with one attached hydrogen (secondary N) is 2. The lowest BCUT2D eigenvalue weighted by atomic mass is 9.98. The van der Waals surface area contributed by atoms with Gasteiger partial charge >= 0.3 is 6.03 Å². The number of benzene rings is 3. The molecule has 0 aromatic heterocycles. The first-order chi connectivity index (χ1) is 16.0. The molecule has 1 unspecified atom stereocenters. The largest absolute Gasteiger partial charge is 0.338 e. The molecule has 0 spiro atoms. The standard InChI is InChI=1S/C27H28ClN3O2/c1-19(21-12-14-24(28)15-13-21)30-27(33)29-17-23-5-2-3-6-25(23)22-10-8-20(9-11-22)18-31-16-4-7-26(31)32/h2-3,5-6,8-15,19H,4,7,16-18H2,1H3,(H2,29,30,33). The number of nitrogens with zero attached hydrogens (tertiary/aromatic N) is 1. The second kappa shape index (κ2) is 10.5. The molecule has 6 heteroatoms. The van der Waals surface area contributed by atoms with Gasteiger partial charge in [-0.1, -0.05) is 72.3 Å². The smallest absolute Gasteiger partial charge is 0.315 e. The number of carbonyl (C=O) groups is 2. The highest BCUT2D eigenvalue weighted by Crippen LogP contribution is 2.25. The van der Waals surface area contributed by atoms with E-state index in [4.69, 9.17) is 11.6 Å². The minimum absolute atomic E-state index is 0.132. The number of hydrogen-bond donors (Lipinski definition) is 2. The minimum atomic E-state index is -0.224. The van der Waals surface area contributed by atoms with Gasteiger partial charge < -0.3 is 15.5 Å². The number of likely N-dealkylation sites (tertiary alicyclic amines) is 1. The molecule has 1 aliphatic rings. The molecule has 1 atom stereocenters. The zero-order valence-corrected chi connectivity index (χ0v) is 19.4. The highest BCUT2D eigenvalue weighted by Gasteiger charge is 2.20. The summed E-state index contributed by atoms with van der Waals surface area (Å²) in [7, 11) is 0. The molecule has 1 heterocycles. The monoisotopic (exact) mass is 461 g/mol. The summed E-state index contributed by atoms with van der Waals surface area (Å²) in [4.78, 5) is 26.3. The Morgan fingerprint density at radius 3 is 2.45 bits per heavy atom. The summed E-state index contributed by atoms with van der Waals surface area (Å²) in [6.07, 6.45) is 1.61. The van der Waals surface area contributed by atoms with Gasteiger partial charge in [0.2, 0.25) is 5.91 Å². The number of rotatable bonds is 7. The van der Waals surface area contributed by atoms with Crippen molar-refractivity contribution in [2.45, 2.75) is 38.9 Å². The maximum atomic E-state index is 12.5. The van der Waals surface area contributed by atoms with Gasteiger partial charge in [0.05, 0.1) is 6.04 Å². The molecular formula is C27H28ClN3O2. The van der Waals surface area contributed by atoms with E-state index in [1.165, 1.54) is 0 Å². The molecule has 0 radical (unpaired) electrons. The van der Waals surface area contributed by atoms with Crippen molar-refractivity contribution in [1.29, 1.82) is 0 Å². The molecule has 3 aromatic carbocycles. The molecule has 170 valence electrons. The second-order valence-corrected chi connectivity index (χ2v) is 8.81. The van der Waals surface area contributed by atoms with Crippen LogP contribution in [0.5, 0.6) is 0 Å². The van der Waals surface area contributed by atoms with Gasteiger partial charge in [-0.25, -0.2) is 4.79 Å². The molecule has 3 aromatic rings. The number of urea groups is 1. The molecule has 4 rings (SSSR count). The Morgan fingerprint density at radius 2 is 1.76 bits per heavy atom. The molecular weight excluding hydrogens is 434 g/mol. The summed E-state index contributed by atoms with van der Waals surface area (Å²) in [5.41, 5.74) is 5.31. The first kappa shape index (κ1) is 22.9. The molecule has 0 saturated carbocycles. The average Bonchev–Trinajstić information content (AvgIpc) is 3.23. The Bertz CT molecular complexity index is 1110. The lowest BCUT2D eigenvalue weighted by Crippen LogP contribution is -2.36. The Labute approximate surface area is 199 Å². The lowest BCUT2D eigenvalue weighted by Gasteiger charge is -2.17. The third kappa shape index (κ3) is 5.93. The van der Waals surface area contributed by atoms with Gasteiger partial charge in [-0.2, -0.15) is 0 Å². The Kier molecular flexibility index (Phi) is 7.30. The van der Waals surface area contributed by atoms with Crippen molar-refractivity contribution in [3.63, 3.8) is 0 Å². The van der Waals surface area contributed by atoms with Crippen molar-refractivity contribution in [2.75, 3.05) is 6.54 Å². The maximum absolute atomic E-state index is 12.5. The van der Waals surface area contributed by atoms with Crippen LogP contribution in [0.1, 0.15) is 42.5 Å². The molecule has 1 saturated heterocycles. The van der Waals surface area contributed by atoms with Crippen LogP contribution in [0.25, 0.3) is 11.1 Å². The van der Waals surface area contributed by atoms with E-state index in [0.717, 1.165) is 40.8 Å². The molecule has 0 bridgehead atoms. The van der Waals surface area contributed by atoms with Crippen molar-refractivity contribution in [3.05, 3.63) is 94.5 Å². The van der Waals surface area contributed by atoms with Crippen LogP contribution in [0.15, 0.2) is 72.8 Å². The Balaban J connectivity index is 1.37. The van der Waals surface area contributed by atoms with E-state index in [2.05, 4.69) is 41.0 Å². The number of hydrogen-bond acceptors (Lipinski definition) is 2. The van der Waals surface area contributed by atoms with Crippen LogP contribution in [0.3, 0.4) is 0 Å². The minimum Gasteiger partial charge on any atom is -0.338 e. The van der Waals surface area contributed by atoms with E-state index in [1.54, 1.807) is 0 Å². The lowest BCUT2D eigenvalue weighted by molar-refractivity contribution is -0.128. The molecule has 1 aliphatic heterocycles. The summed E-state index contributed by atoms with van der Waals surface area (Å²) < 4.78 is 0. The number of halogens is 1. The SMILES string of the molecule is CC(NC(=O)NCc1ccccc1-c1ccc(CN2CCCC2=O)cc1)c1ccc(Cl)cc1. The summed E-state index contributed by atoms with van der Waals surface area (Å²) in [5, 5.41) is 6.60. The van der Waals surface area contributed by atoms with E-state index in [9.17, 15) is 9.59 Å². The fraction of sp³-hybridized carbons (Fsp3) is 0.259. The molecule has 0 aliphatic carbocycles. The summed E-state index contributed by atoms with van der Waals surface area (Å²) in [6, 6.07) is 23.5. The van der Waals surface area contributed by atoms with Gasteiger partial charge in [0.25, 0.3) is 0 Å². The van der Waals surface area contributed by atoms with Crippen molar-refractivity contribution in [1.82, 2.24) is 15.5 Å². The maximum Gasteiger partial charge on any atom is 0.315 e. The molecule has 2 N–H and O–H groups in total. The summed E-state index contributed by atoms with van der Waals surface area (Å²) >= 11 is 5.94. The summed E-state index contributed by atoms with van der Waals surface area (Å²) in [5.74, 6) is 0.235. The van der Waals surface area contributed by atoms with Gasteiger partial charge in [-0.3, -0.25) is 4.79 Å². The number of carbonyl (C=O) groups excluding carboxylic acids is 2. The first-order valence-corrected chi connectivity index (χ1v) is 11.6. The van der Waals surface area contributed by atoms with E-state index in [1.807, 2.05) is 54.3 Å². The normalized spacial score (nSPS) is 14.2. The van der Waals surface area contributed by atoms with E-state index in [-0.39, 0.29) is 18.0 Å². The molecule has 5 nitrogen and oxygen atoms in total. The van der Waals surface area contributed by atoms with Crippen LogP contribution >= 0.6 is 11.6 Å². The van der Waals surface area contributed by atoms with Gasteiger partial charge in [-0.05, 0) is 53.3 Å². The number of amides is 3. The molecule has 33 heavy (non-hydrogen) atoms. The summed E-state index contributed by atoms with van der Waals surface area (Å²) in [6.45, 7) is 3.86. The zero-order chi connectivity index (χ0) is 23.2. The molecule has 3 amide bonds. The third-order valence-corrected chi connectivity index (χ3v) is 6.24. The van der Waals surface area contributed by atoms with Crippen LogP contribution in [0, 0.1) is 0 Å². The first-order valence-electron chi connectivity index (χ1n) is 11.2. The highest BCUT2D eigenvalue weighted by molar-refractivity contribution is 6.30. The third-order valence-electron chi connectivity index (χ3n) is 5.98. The Morgan fingerprint density at radius 1 is 1.03 bits per heavy atom. The van der Waals surface area contributed by atoms with Gasteiger partial charge in [0.15, 0.2) is 0 Å². The van der Waals surface area contributed by atoms with Crippen molar-refractivity contribution >= 4 is 23.5 Å². The predicted molar refractivity (Wildman–Crippen MR) is 132 cm³/mol. The van der Waals surface area contributed by atoms with Crippen LogP contribution < -0.4 is 10.6 Å². The highest BCUT2D eigenvalue weighted by atomic mass is 35.5. The fourth-order valence-corrected chi connectivity index (χ4v) is 4.22. The van der Waals surface area contributed by atoms with Crippen LogP contribution in [-0.4, -0.2) is 23.4 Å². The van der Waals surface area contributed by atoms with Crippen molar-refractivity contribution < 1.29 is 9.59 Å².